The fourth-order valence-corrected chi connectivity index (χ4v) is 5.29. The van der Waals surface area contributed by atoms with Crippen LogP contribution in [0.5, 0.6) is 0 Å². The van der Waals surface area contributed by atoms with Gasteiger partial charge in [-0.3, -0.25) is 24.5 Å². The van der Waals surface area contributed by atoms with Crippen molar-refractivity contribution in [1.82, 2.24) is 5.32 Å². The first-order valence-electron chi connectivity index (χ1n) is 11.4. The number of benzene rings is 2. The molecule has 8 heteroatoms. The van der Waals surface area contributed by atoms with Crippen LogP contribution < -0.4 is 10.2 Å². The summed E-state index contributed by atoms with van der Waals surface area (Å²) in [5.41, 5.74) is -0.676. The lowest BCUT2D eigenvalue weighted by Gasteiger charge is -2.32. The molecule has 2 aliphatic rings. The van der Waals surface area contributed by atoms with Crippen LogP contribution in [0.3, 0.4) is 0 Å². The van der Waals surface area contributed by atoms with Crippen LogP contribution in [-0.4, -0.2) is 35.7 Å². The Kier molecular flexibility index (Phi) is 6.36. The number of hydrogen-bond acceptors (Lipinski definition) is 6. The first-order chi connectivity index (χ1) is 16.3. The van der Waals surface area contributed by atoms with Crippen molar-refractivity contribution < 1.29 is 28.3 Å². The Labute approximate surface area is 197 Å². The molecule has 7 nitrogen and oxygen atoms in total. The number of carbonyl (C=O) groups excluding carboxylic acids is 4. The SMILES string of the molecule is CCC[C@@]1(C(=O)OCC)N[C@@H](c2ccccc2F)[C@H]2C(=O)N(c3cccc(C(C)=O)c3)C(=O)[C@H]21. The molecule has 2 aromatic rings. The molecule has 0 aromatic heterocycles. The second-order valence-corrected chi connectivity index (χ2v) is 8.71. The van der Waals surface area contributed by atoms with Crippen LogP contribution in [0.1, 0.15) is 55.6 Å². The van der Waals surface area contributed by atoms with E-state index in [1.165, 1.54) is 25.1 Å². The Hall–Kier alpha value is -3.39. The zero-order valence-electron chi connectivity index (χ0n) is 19.3. The van der Waals surface area contributed by atoms with Crippen molar-refractivity contribution in [2.75, 3.05) is 11.5 Å². The zero-order chi connectivity index (χ0) is 24.6. The summed E-state index contributed by atoms with van der Waals surface area (Å²) in [7, 11) is 0. The van der Waals surface area contributed by atoms with E-state index in [1.54, 1.807) is 37.3 Å². The summed E-state index contributed by atoms with van der Waals surface area (Å²) in [4.78, 5) is 53.8. The van der Waals surface area contributed by atoms with E-state index in [9.17, 15) is 23.6 Å². The van der Waals surface area contributed by atoms with Gasteiger partial charge in [-0.2, -0.15) is 0 Å². The summed E-state index contributed by atoms with van der Waals surface area (Å²) in [6, 6.07) is 11.4. The first-order valence-corrected chi connectivity index (χ1v) is 11.4. The number of esters is 1. The van der Waals surface area contributed by atoms with Gasteiger partial charge in [-0.05, 0) is 38.5 Å². The molecule has 2 amide bonds. The van der Waals surface area contributed by atoms with Gasteiger partial charge in [0.15, 0.2) is 5.78 Å². The molecule has 178 valence electrons. The lowest BCUT2D eigenvalue weighted by Crippen LogP contribution is -2.56. The van der Waals surface area contributed by atoms with Crippen LogP contribution in [0.15, 0.2) is 48.5 Å². The summed E-state index contributed by atoms with van der Waals surface area (Å²) in [6.45, 7) is 5.02. The molecule has 0 saturated carbocycles. The summed E-state index contributed by atoms with van der Waals surface area (Å²) in [5, 5.41) is 3.17. The third-order valence-electron chi connectivity index (χ3n) is 6.69. The van der Waals surface area contributed by atoms with Crippen molar-refractivity contribution in [3.63, 3.8) is 0 Å². The smallest absolute Gasteiger partial charge is 0.327 e. The molecule has 2 heterocycles. The van der Waals surface area contributed by atoms with Gasteiger partial charge >= 0.3 is 5.97 Å². The molecule has 4 atom stereocenters. The van der Waals surface area contributed by atoms with Gasteiger partial charge in [0.2, 0.25) is 11.8 Å². The molecule has 0 aliphatic carbocycles. The van der Waals surface area contributed by atoms with Gasteiger partial charge in [-0.15, -0.1) is 0 Å². The fraction of sp³-hybridized carbons (Fsp3) is 0.385. The largest absolute Gasteiger partial charge is 0.465 e. The molecule has 0 radical (unpaired) electrons. The van der Waals surface area contributed by atoms with Crippen molar-refractivity contribution in [2.24, 2.45) is 11.8 Å². The number of nitrogens with zero attached hydrogens (tertiary/aromatic N) is 1. The molecule has 2 aromatic carbocycles. The van der Waals surface area contributed by atoms with Gasteiger partial charge in [0, 0.05) is 17.2 Å². The van der Waals surface area contributed by atoms with Crippen molar-refractivity contribution in [3.05, 3.63) is 65.5 Å². The summed E-state index contributed by atoms with van der Waals surface area (Å²) in [5.74, 6) is -4.58. The minimum atomic E-state index is -1.48. The Morgan fingerprint density at radius 3 is 2.47 bits per heavy atom. The molecular formula is C26H27FN2O5. The van der Waals surface area contributed by atoms with Crippen LogP contribution >= 0.6 is 0 Å². The highest BCUT2D eigenvalue weighted by Crippen LogP contribution is 2.52. The highest BCUT2D eigenvalue weighted by atomic mass is 19.1. The van der Waals surface area contributed by atoms with Gasteiger partial charge in [0.25, 0.3) is 0 Å². The number of rotatable bonds is 7. The Bertz CT molecular complexity index is 1170. The number of ether oxygens (including phenoxy) is 1. The highest BCUT2D eigenvalue weighted by Gasteiger charge is 2.68. The van der Waals surface area contributed by atoms with Gasteiger partial charge < -0.3 is 4.74 Å². The van der Waals surface area contributed by atoms with Gasteiger partial charge in [-0.1, -0.05) is 43.7 Å². The van der Waals surface area contributed by atoms with E-state index in [0.717, 1.165) is 4.90 Å². The zero-order valence-corrected chi connectivity index (χ0v) is 19.3. The predicted octanol–water partition coefficient (Wildman–Crippen LogP) is 3.58. The van der Waals surface area contributed by atoms with Crippen molar-refractivity contribution in [1.29, 1.82) is 0 Å². The van der Waals surface area contributed by atoms with E-state index < -0.39 is 47.0 Å². The third kappa shape index (κ3) is 3.62. The number of halogens is 1. The Morgan fingerprint density at radius 1 is 1.09 bits per heavy atom. The van der Waals surface area contributed by atoms with E-state index in [0.29, 0.717) is 12.0 Å². The number of hydrogen-bond donors (Lipinski definition) is 1. The standard InChI is InChI=1S/C26H27FN2O5/c1-4-13-26(25(33)34-5-2)21-20(22(28-26)18-11-6-7-12-19(18)27)23(31)29(24(21)32)17-10-8-9-16(14-17)15(3)30/h6-12,14,20-22,28H,4-5,13H2,1-3H3/t20-,21-,22-,26+/m0/s1. The van der Waals surface area contributed by atoms with Crippen LogP contribution in [0, 0.1) is 17.7 Å². The Morgan fingerprint density at radius 2 is 1.82 bits per heavy atom. The maximum atomic E-state index is 14.9. The van der Waals surface area contributed by atoms with Crippen molar-refractivity contribution in [3.8, 4) is 0 Å². The highest BCUT2D eigenvalue weighted by molar-refractivity contribution is 6.24. The third-order valence-corrected chi connectivity index (χ3v) is 6.69. The molecule has 2 aliphatic heterocycles. The van der Waals surface area contributed by atoms with Gasteiger partial charge in [0.1, 0.15) is 11.4 Å². The van der Waals surface area contributed by atoms with Gasteiger partial charge in [-0.25, -0.2) is 9.29 Å². The van der Waals surface area contributed by atoms with E-state index in [-0.39, 0.29) is 30.1 Å². The second kappa shape index (κ2) is 9.10. The molecule has 0 spiro atoms. The number of anilines is 1. The molecule has 2 fully saturated rings. The predicted molar refractivity (Wildman–Crippen MR) is 122 cm³/mol. The number of imide groups is 1. The van der Waals surface area contributed by atoms with Crippen molar-refractivity contribution in [2.45, 2.75) is 45.2 Å². The van der Waals surface area contributed by atoms with Gasteiger partial charge in [0.05, 0.1) is 24.1 Å². The van der Waals surface area contributed by atoms with E-state index in [1.807, 2.05) is 6.92 Å². The average Bonchev–Trinajstić information content (AvgIpc) is 3.29. The molecule has 4 rings (SSSR count). The summed E-state index contributed by atoms with van der Waals surface area (Å²) < 4.78 is 20.2. The summed E-state index contributed by atoms with van der Waals surface area (Å²) >= 11 is 0. The monoisotopic (exact) mass is 466 g/mol. The number of ketones is 1. The maximum absolute atomic E-state index is 14.9. The molecule has 34 heavy (non-hydrogen) atoms. The summed E-state index contributed by atoms with van der Waals surface area (Å²) in [6.07, 6.45) is 0.763. The van der Waals surface area contributed by atoms with E-state index in [2.05, 4.69) is 5.32 Å². The van der Waals surface area contributed by atoms with Crippen LogP contribution in [-0.2, 0) is 19.1 Å². The minimum absolute atomic E-state index is 0.0975. The van der Waals surface area contributed by atoms with Crippen molar-refractivity contribution >= 4 is 29.3 Å². The number of Topliss-reactive ketones (excluding diaryl/α,β-unsaturated/α-hetero) is 1. The molecule has 2 saturated heterocycles. The number of amides is 2. The normalized spacial score (nSPS) is 26.0. The Balaban J connectivity index is 1.88. The lowest BCUT2D eigenvalue weighted by atomic mass is 9.77. The van der Waals surface area contributed by atoms with Crippen LogP contribution in [0.25, 0.3) is 0 Å². The van der Waals surface area contributed by atoms with E-state index in [4.69, 9.17) is 4.74 Å². The molecular weight excluding hydrogens is 439 g/mol. The number of fused-ring (bicyclic) bond motifs is 1. The average molecular weight is 467 g/mol. The quantitative estimate of drug-likeness (QED) is 0.381. The molecule has 0 bridgehead atoms. The molecule has 1 N–H and O–H groups in total. The molecule has 0 unspecified atom stereocenters. The van der Waals surface area contributed by atoms with E-state index >= 15 is 0 Å². The van der Waals surface area contributed by atoms with Crippen LogP contribution in [0.2, 0.25) is 0 Å². The lowest BCUT2D eigenvalue weighted by molar-refractivity contribution is -0.155. The number of carbonyl (C=O) groups is 4. The topological polar surface area (TPSA) is 92.8 Å². The van der Waals surface area contributed by atoms with Crippen LogP contribution in [0.4, 0.5) is 10.1 Å². The number of nitrogens with one attached hydrogen (secondary N) is 1. The first kappa shape index (κ1) is 23.8. The minimum Gasteiger partial charge on any atom is -0.465 e. The maximum Gasteiger partial charge on any atom is 0.327 e. The fourth-order valence-electron chi connectivity index (χ4n) is 5.29. The second-order valence-electron chi connectivity index (χ2n) is 8.71.